The second-order valence-corrected chi connectivity index (χ2v) is 5.82. The molecule has 0 aliphatic heterocycles. The van der Waals surface area contributed by atoms with Gasteiger partial charge in [0, 0.05) is 16.5 Å². The molecule has 1 heterocycles. The molecule has 0 amide bonds. The van der Waals surface area contributed by atoms with Crippen LogP contribution in [0.1, 0.15) is 20.8 Å². The van der Waals surface area contributed by atoms with Gasteiger partial charge >= 0.3 is 0 Å². The number of phenols is 1. The molecule has 90 valence electrons. The van der Waals surface area contributed by atoms with E-state index in [1.165, 1.54) is 0 Å². The first kappa shape index (κ1) is 11.9. The molecule has 0 saturated heterocycles. The quantitative estimate of drug-likeness (QED) is 0.851. The zero-order chi connectivity index (χ0) is 12.5. The largest absolute Gasteiger partial charge is 0.508 e. The van der Waals surface area contributed by atoms with E-state index in [9.17, 15) is 5.11 Å². The molecule has 0 spiro atoms. The fourth-order valence-electron chi connectivity index (χ4n) is 1.42. The van der Waals surface area contributed by atoms with Crippen LogP contribution in [-0.4, -0.2) is 15.6 Å². The van der Waals surface area contributed by atoms with Gasteiger partial charge in [-0.25, -0.2) is 4.98 Å². The minimum Gasteiger partial charge on any atom is -0.508 e. The molecular weight excluding hydrogens is 232 g/mol. The summed E-state index contributed by atoms with van der Waals surface area (Å²) in [5, 5.41) is 15.5. The molecule has 1 aromatic carbocycles. The summed E-state index contributed by atoms with van der Waals surface area (Å²) < 4.78 is 0. The standard InChI is InChI=1S/C13H16N2OS/c1-13(2,3)15-12-14-11(8-17-12)9-4-6-10(16)7-5-9/h4-8,16H,1-3H3,(H,14,15). The Kier molecular flexibility index (Phi) is 3.07. The molecular formula is C13H16N2OS. The number of rotatable bonds is 2. The molecule has 0 saturated carbocycles. The number of nitrogens with one attached hydrogen (secondary N) is 1. The van der Waals surface area contributed by atoms with Gasteiger partial charge in [-0.3, -0.25) is 0 Å². The van der Waals surface area contributed by atoms with Gasteiger partial charge in [0.15, 0.2) is 5.13 Å². The Labute approximate surface area is 105 Å². The summed E-state index contributed by atoms with van der Waals surface area (Å²) in [6.07, 6.45) is 0. The molecule has 2 aromatic rings. The lowest BCUT2D eigenvalue weighted by Crippen LogP contribution is -2.25. The summed E-state index contributed by atoms with van der Waals surface area (Å²) in [4.78, 5) is 4.52. The Morgan fingerprint density at radius 2 is 1.82 bits per heavy atom. The highest BCUT2D eigenvalue weighted by Gasteiger charge is 2.12. The third-order valence-electron chi connectivity index (χ3n) is 2.15. The molecule has 3 nitrogen and oxygen atoms in total. The van der Waals surface area contributed by atoms with Crippen LogP contribution in [0.3, 0.4) is 0 Å². The van der Waals surface area contributed by atoms with Gasteiger partial charge in [-0.1, -0.05) is 0 Å². The zero-order valence-corrected chi connectivity index (χ0v) is 11.0. The number of hydrogen-bond acceptors (Lipinski definition) is 4. The number of aromatic hydroxyl groups is 1. The number of hydrogen-bond donors (Lipinski definition) is 2. The summed E-state index contributed by atoms with van der Waals surface area (Å²) in [6, 6.07) is 7.08. The van der Waals surface area contributed by atoms with Crippen LogP contribution in [0.4, 0.5) is 5.13 Å². The zero-order valence-electron chi connectivity index (χ0n) is 10.2. The monoisotopic (exact) mass is 248 g/mol. The highest BCUT2D eigenvalue weighted by atomic mass is 32.1. The smallest absolute Gasteiger partial charge is 0.183 e. The Morgan fingerprint density at radius 1 is 1.18 bits per heavy atom. The average Bonchev–Trinajstić information content (AvgIpc) is 2.64. The van der Waals surface area contributed by atoms with E-state index in [4.69, 9.17) is 0 Å². The Hall–Kier alpha value is -1.55. The van der Waals surface area contributed by atoms with Crippen LogP contribution < -0.4 is 5.32 Å². The maximum atomic E-state index is 9.23. The highest BCUT2D eigenvalue weighted by molar-refractivity contribution is 7.14. The van der Waals surface area contributed by atoms with Gasteiger partial charge in [-0.15, -0.1) is 11.3 Å². The Morgan fingerprint density at radius 3 is 2.41 bits per heavy atom. The molecule has 2 rings (SSSR count). The van der Waals surface area contributed by atoms with Gasteiger partial charge in [-0.05, 0) is 45.0 Å². The number of nitrogens with zero attached hydrogens (tertiary/aromatic N) is 1. The molecule has 0 aliphatic carbocycles. The van der Waals surface area contributed by atoms with Crippen molar-refractivity contribution < 1.29 is 5.11 Å². The second-order valence-electron chi connectivity index (χ2n) is 4.96. The molecule has 0 atom stereocenters. The normalized spacial score (nSPS) is 11.5. The number of aromatic nitrogens is 1. The molecule has 2 N–H and O–H groups in total. The van der Waals surface area contributed by atoms with E-state index in [1.54, 1.807) is 23.5 Å². The van der Waals surface area contributed by atoms with E-state index in [2.05, 4.69) is 31.1 Å². The highest BCUT2D eigenvalue weighted by Crippen LogP contribution is 2.27. The minimum absolute atomic E-state index is 0.0179. The summed E-state index contributed by atoms with van der Waals surface area (Å²) in [6.45, 7) is 6.32. The molecule has 4 heteroatoms. The first-order chi connectivity index (χ1) is 7.94. The van der Waals surface area contributed by atoms with Gasteiger partial charge in [0.05, 0.1) is 5.69 Å². The summed E-state index contributed by atoms with van der Waals surface area (Å²) in [5.41, 5.74) is 1.96. The van der Waals surface area contributed by atoms with Crippen LogP contribution in [0.5, 0.6) is 5.75 Å². The lowest BCUT2D eigenvalue weighted by molar-refractivity contribution is 0.475. The summed E-state index contributed by atoms with van der Waals surface area (Å²) >= 11 is 1.59. The van der Waals surface area contributed by atoms with Crippen LogP contribution >= 0.6 is 11.3 Å². The predicted octanol–water partition coefficient (Wildman–Crippen LogP) is 3.73. The molecule has 0 unspecified atom stereocenters. The average molecular weight is 248 g/mol. The van der Waals surface area contributed by atoms with Crippen LogP contribution in [0.15, 0.2) is 29.6 Å². The van der Waals surface area contributed by atoms with Crippen LogP contribution in [0.25, 0.3) is 11.3 Å². The summed E-state index contributed by atoms with van der Waals surface area (Å²) in [5.74, 6) is 0.275. The second kappa shape index (κ2) is 4.37. The fraction of sp³-hybridized carbons (Fsp3) is 0.308. The topological polar surface area (TPSA) is 45.2 Å². The lowest BCUT2D eigenvalue weighted by Gasteiger charge is -2.19. The number of anilines is 1. The molecule has 17 heavy (non-hydrogen) atoms. The van der Waals surface area contributed by atoms with Crippen molar-refractivity contribution in [3.05, 3.63) is 29.6 Å². The van der Waals surface area contributed by atoms with E-state index in [0.717, 1.165) is 16.4 Å². The van der Waals surface area contributed by atoms with Crippen molar-refractivity contribution in [1.82, 2.24) is 4.98 Å². The van der Waals surface area contributed by atoms with Crippen LogP contribution in [-0.2, 0) is 0 Å². The lowest BCUT2D eigenvalue weighted by atomic mass is 10.1. The number of phenolic OH excluding ortho intramolecular Hbond substituents is 1. The van der Waals surface area contributed by atoms with Crippen molar-refractivity contribution in [3.8, 4) is 17.0 Å². The fourth-order valence-corrected chi connectivity index (χ4v) is 2.34. The van der Waals surface area contributed by atoms with E-state index in [0.29, 0.717) is 0 Å². The SMILES string of the molecule is CC(C)(C)Nc1nc(-c2ccc(O)cc2)cs1. The maximum Gasteiger partial charge on any atom is 0.183 e. The van der Waals surface area contributed by atoms with E-state index in [1.807, 2.05) is 17.5 Å². The molecule has 0 fully saturated rings. The molecule has 1 aromatic heterocycles. The van der Waals surface area contributed by atoms with Gasteiger partial charge in [0.25, 0.3) is 0 Å². The minimum atomic E-state index is 0.0179. The number of benzene rings is 1. The van der Waals surface area contributed by atoms with Crippen molar-refractivity contribution in [1.29, 1.82) is 0 Å². The maximum absolute atomic E-state index is 9.23. The van der Waals surface area contributed by atoms with Crippen molar-refractivity contribution >= 4 is 16.5 Å². The predicted molar refractivity (Wildman–Crippen MR) is 72.6 cm³/mol. The van der Waals surface area contributed by atoms with Gasteiger partial charge in [0.1, 0.15) is 5.75 Å². The van der Waals surface area contributed by atoms with E-state index in [-0.39, 0.29) is 11.3 Å². The molecule has 0 radical (unpaired) electrons. The van der Waals surface area contributed by atoms with Crippen LogP contribution in [0, 0.1) is 0 Å². The molecule has 0 bridgehead atoms. The Bertz CT molecular complexity index is 497. The third-order valence-corrected chi connectivity index (χ3v) is 2.91. The van der Waals surface area contributed by atoms with Gasteiger partial charge in [0.2, 0.25) is 0 Å². The van der Waals surface area contributed by atoms with Crippen molar-refractivity contribution in [2.75, 3.05) is 5.32 Å². The summed E-state index contributed by atoms with van der Waals surface area (Å²) in [7, 11) is 0. The van der Waals surface area contributed by atoms with Crippen molar-refractivity contribution in [2.24, 2.45) is 0 Å². The van der Waals surface area contributed by atoms with Gasteiger partial charge < -0.3 is 10.4 Å². The Balaban J connectivity index is 2.21. The molecule has 0 aliphatic rings. The third kappa shape index (κ3) is 3.20. The van der Waals surface area contributed by atoms with E-state index >= 15 is 0 Å². The van der Waals surface area contributed by atoms with Crippen molar-refractivity contribution in [2.45, 2.75) is 26.3 Å². The van der Waals surface area contributed by atoms with Crippen molar-refractivity contribution in [3.63, 3.8) is 0 Å². The van der Waals surface area contributed by atoms with Crippen LogP contribution in [0.2, 0.25) is 0 Å². The number of thiazole rings is 1. The van der Waals surface area contributed by atoms with Gasteiger partial charge in [-0.2, -0.15) is 0 Å². The first-order valence-electron chi connectivity index (χ1n) is 5.47. The first-order valence-corrected chi connectivity index (χ1v) is 6.35. The van der Waals surface area contributed by atoms with E-state index < -0.39 is 0 Å².